The van der Waals surface area contributed by atoms with Gasteiger partial charge in [-0.2, -0.15) is 0 Å². The van der Waals surface area contributed by atoms with Gasteiger partial charge in [0.05, 0.1) is 6.04 Å². The van der Waals surface area contributed by atoms with Gasteiger partial charge in [0.25, 0.3) is 0 Å². The van der Waals surface area contributed by atoms with Crippen LogP contribution in [-0.2, 0) is 0 Å². The SMILES string of the molecule is Oc1ccccc1[C@@H](Nc1ncccn1)c1ccc2cccnc2c1O. The van der Waals surface area contributed by atoms with Crippen LogP contribution in [0.2, 0.25) is 0 Å². The summed E-state index contributed by atoms with van der Waals surface area (Å²) in [5, 5.41) is 25.2. The van der Waals surface area contributed by atoms with E-state index in [1.54, 1.807) is 42.9 Å². The van der Waals surface area contributed by atoms with Crippen molar-refractivity contribution in [1.29, 1.82) is 0 Å². The van der Waals surface area contributed by atoms with Crippen LogP contribution in [0, 0.1) is 0 Å². The largest absolute Gasteiger partial charge is 0.508 e. The molecule has 6 nitrogen and oxygen atoms in total. The average molecular weight is 344 g/mol. The molecule has 1 atom stereocenters. The molecule has 0 radical (unpaired) electrons. The summed E-state index contributed by atoms with van der Waals surface area (Å²) in [4.78, 5) is 12.7. The van der Waals surface area contributed by atoms with Crippen LogP contribution >= 0.6 is 0 Å². The van der Waals surface area contributed by atoms with Crippen LogP contribution in [0.3, 0.4) is 0 Å². The number of pyridine rings is 1. The maximum absolute atomic E-state index is 10.8. The number of nitrogens with zero attached hydrogens (tertiary/aromatic N) is 3. The first-order valence-corrected chi connectivity index (χ1v) is 8.12. The molecule has 0 bridgehead atoms. The van der Waals surface area contributed by atoms with E-state index in [1.807, 2.05) is 30.3 Å². The fourth-order valence-electron chi connectivity index (χ4n) is 2.94. The van der Waals surface area contributed by atoms with Gasteiger partial charge < -0.3 is 15.5 Å². The molecule has 128 valence electrons. The quantitative estimate of drug-likeness (QED) is 0.523. The number of rotatable bonds is 4. The van der Waals surface area contributed by atoms with Crippen LogP contribution in [0.4, 0.5) is 5.95 Å². The Morgan fingerprint density at radius 2 is 1.50 bits per heavy atom. The zero-order valence-electron chi connectivity index (χ0n) is 13.7. The van der Waals surface area contributed by atoms with Gasteiger partial charge in [-0.25, -0.2) is 9.97 Å². The van der Waals surface area contributed by atoms with E-state index >= 15 is 0 Å². The number of benzene rings is 2. The molecule has 26 heavy (non-hydrogen) atoms. The predicted octanol–water partition coefficient (Wildman–Crippen LogP) is 3.64. The molecule has 0 fully saturated rings. The molecule has 6 heteroatoms. The fraction of sp³-hybridized carbons (Fsp3) is 0.0500. The number of phenols is 2. The third-order valence-electron chi connectivity index (χ3n) is 4.18. The number of anilines is 1. The molecule has 4 aromatic rings. The summed E-state index contributed by atoms with van der Waals surface area (Å²) in [5.74, 6) is 0.558. The van der Waals surface area contributed by atoms with Crippen LogP contribution in [0.5, 0.6) is 11.5 Å². The normalized spacial score (nSPS) is 12.0. The van der Waals surface area contributed by atoms with Gasteiger partial charge in [0.1, 0.15) is 17.0 Å². The lowest BCUT2D eigenvalue weighted by Crippen LogP contribution is -2.14. The molecule has 2 aromatic carbocycles. The van der Waals surface area contributed by atoms with Gasteiger partial charge in [-0.15, -0.1) is 0 Å². The van der Waals surface area contributed by atoms with Crippen LogP contribution in [-0.4, -0.2) is 25.2 Å². The molecular formula is C20H16N4O2. The standard InChI is InChI=1S/C20H16N4O2/c25-16-7-2-1-6-14(16)18(24-20-22-11-4-12-23-20)15-9-8-13-5-3-10-21-17(13)19(15)26/h1-12,18,25-26H,(H,22,23,24)/t18-/m1/s1. The number of phenolic OH excluding ortho intramolecular Hbond substituents is 2. The van der Waals surface area contributed by atoms with E-state index in [0.717, 1.165) is 5.39 Å². The molecule has 0 aliphatic carbocycles. The van der Waals surface area contributed by atoms with Gasteiger partial charge in [-0.1, -0.05) is 36.4 Å². The lowest BCUT2D eigenvalue weighted by atomic mass is 9.95. The van der Waals surface area contributed by atoms with Crippen molar-refractivity contribution < 1.29 is 10.2 Å². The molecule has 3 N–H and O–H groups in total. The Balaban J connectivity index is 1.88. The molecule has 2 aromatic heterocycles. The minimum Gasteiger partial charge on any atom is -0.508 e. The van der Waals surface area contributed by atoms with Gasteiger partial charge in [-0.05, 0) is 18.2 Å². The second kappa shape index (κ2) is 6.68. The molecule has 4 rings (SSSR count). The lowest BCUT2D eigenvalue weighted by molar-refractivity contribution is 0.459. The van der Waals surface area contributed by atoms with Crippen molar-refractivity contribution in [1.82, 2.24) is 15.0 Å². The maximum atomic E-state index is 10.8. The number of fused-ring (bicyclic) bond motifs is 1. The van der Waals surface area contributed by atoms with Gasteiger partial charge in [0, 0.05) is 35.1 Å². The second-order valence-electron chi connectivity index (χ2n) is 5.79. The Kier molecular flexibility index (Phi) is 4.07. The summed E-state index contributed by atoms with van der Waals surface area (Å²) in [5.41, 5.74) is 1.68. The summed E-state index contributed by atoms with van der Waals surface area (Å²) in [6.07, 6.45) is 4.88. The van der Waals surface area contributed by atoms with Gasteiger partial charge in [0.2, 0.25) is 5.95 Å². The molecular weight excluding hydrogens is 328 g/mol. The Morgan fingerprint density at radius 1 is 0.731 bits per heavy atom. The van der Waals surface area contributed by atoms with E-state index < -0.39 is 6.04 Å². The number of aromatic nitrogens is 3. The molecule has 0 unspecified atom stereocenters. The van der Waals surface area contributed by atoms with E-state index in [0.29, 0.717) is 22.6 Å². The van der Waals surface area contributed by atoms with Crippen LogP contribution in [0.15, 0.2) is 73.2 Å². The average Bonchev–Trinajstić information content (AvgIpc) is 2.68. The Hall–Kier alpha value is -3.67. The molecule has 0 aliphatic rings. The Morgan fingerprint density at radius 3 is 2.31 bits per heavy atom. The van der Waals surface area contributed by atoms with E-state index in [9.17, 15) is 10.2 Å². The molecule has 0 aliphatic heterocycles. The first-order valence-electron chi connectivity index (χ1n) is 8.12. The Labute approximate surface area is 149 Å². The van der Waals surface area contributed by atoms with Gasteiger partial charge in [0.15, 0.2) is 0 Å². The zero-order valence-corrected chi connectivity index (χ0v) is 13.7. The zero-order chi connectivity index (χ0) is 17.9. The lowest BCUT2D eigenvalue weighted by Gasteiger charge is -2.22. The van der Waals surface area contributed by atoms with Gasteiger partial charge >= 0.3 is 0 Å². The van der Waals surface area contributed by atoms with Gasteiger partial charge in [-0.3, -0.25) is 4.98 Å². The van der Waals surface area contributed by atoms with Crippen LogP contribution in [0.25, 0.3) is 10.9 Å². The monoisotopic (exact) mass is 344 g/mol. The van der Waals surface area contributed by atoms with Crippen molar-refractivity contribution in [3.8, 4) is 11.5 Å². The highest BCUT2D eigenvalue weighted by Crippen LogP contribution is 2.38. The second-order valence-corrected chi connectivity index (χ2v) is 5.79. The summed E-state index contributed by atoms with van der Waals surface area (Å²) < 4.78 is 0. The molecule has 0 spiro atoms. The fourth-order valence-corrected chi connectivity index (χ4v) is 2.94. The highest BCUT2D eigenvalue weighted by Gasteiger charge is 2.23. The third kappa shape index (κ3) is 2.88. The van der Waals surface area contributed by atoms with Crippen LogP contribution in [0.1, 0.15) is 17.2 Å². The van der Waals surface area contributed by atoms with E-state index in [2.05, 4.69) is 20.3 Å². The minimum absolute atomic E-state index is 0.0554. The molecule has 0 saturated heterocycles. The Bertz CT molecular complexity index is 1050. The number of para-hydroxylation sites is 1. The smallest absolute Gasteiger partial charge is 0.223 e. The molecule has 0 amide bonds. The molecule has 2 heterocycles. The maximum Gasteiger partial charge on any atom is 0.223 e. The summed E-state index contributed by atoms with van der Waals surface area (Å²) in [6.45, 7) is 0. The highest BCUT2D eigenvalue weighted by molar-refractivity contribution is 5.86. The summed E-state index contributed by atoms with van der Waals surface area (Å²) >= 11 is 0. The van der Waals surface area contributed by atoms with Crippen molar-refractivity contribution >= 4 is 16.9 Å². The molecule has 0 saturated carbocycles. The summed E-state index contributed by atoms with van der Waals surface area (Å²) in [6, 6.07) is 15.5. The topological polar surface area (TPSA) is 91.2 Å². The number of hydrogen-bond donors (Lipinski definition) is 3. The van der Waals surface area contributed by atoms with E-state index in [-0.39, 0.29) is 11.5 Å². The van der Waals surface area contributed by atoms with E-state index in [1.165, 1.54) is 0 Å². The van der Waals surface area contributed by atoms with Crippen molar-refractivity contribution in [3.63, 3.8) is 0 Å². The van der Waals surface area contributed by atoms with E-state index in [4.69, 9.17) is 0 Å². The first-order chi connectivity index (χ1) is 12.7. The van der Waals surface area contributed by atoms with Crippen molar-refractivity contribution in [2.45, 2.75) is 6.04 Å². The van der Waals surface area contributed by atoms with Crippen LogP contribution < -0.4 is 5.32 Å². The highest BCUT2D eigenvalue weighted by atomic mass is 16.3. The minimum atomic E-state index is -0.551. The first kappa shape index (κ1) is 15.8. The number of nitrogens with one attached hydrogen (secondary N) is 1. The number of aromatic hydroxyl groups is 2. The third-order valence-corrected chi connectivity index (χ3v) is 4.18. The van der Waals surface area contributed by atoms with Crippen molar-refractivity contribution in [3.05, 3.63) is 84.3 Å². The van der Waals surface area contributed by atoms with Crippen molar-refractivity contribution in [2.24, 2.45) is 0 Å². The predicted molar refractivity (Wildman–Crippen MR) is 99.0 cm³/mol. The van der Waals surface area contributed by atoms with Crippen molar-refractivity contribution in [2.75, 3.05) is 5.32 Å². The summed E-state index contributed by atoms with van der Waals surface area (Å²) in [7, 11) is 0. The number of hydrogen-bond acceptors (Lipinski definition) is 6.